The maximum atomic E-state index is 13.4. The highest BCUT2D eigenvalue weighted by molar-refractivity contribution is 8.00. The number of hydrogen-bond donors (Lipinski definition) is 1. The molecule has 0 aromatic heterocycles. The number of rotatable bonds is 6. The molecule has 1 saturated heterocycles. The van der Waals surface area contributed by atoms with Crippen LogP contribution in [0.5, 0.6) is 0 Å². The van der Waals surface area contributed by atoms with Crippen molar-refractivity contribution in [3.8, 4) is 0 Å². The number of hydrogen-bond acceptors (Lipinski definition) is 5. The zero-order valence-corrected chi connectivity index (χ0v) is 22.1. The summed E-state index contributed by atoms with van der Waals surface area (Å²) in [5.41, 5.74) is 2.31. The second kappa shape index (κ2) is 10.7. The van der Waals surface area contributed by atoms with Gasteiger partial charge in [-0.1, -0.05) is 32.9 Å². The van der Waals surface area contributed by atoms with E-state index in [1.54, 1.807) is 18.2 Å². The number of thioether (sulfide) groups is 1. The summed E-state index contributed by atoms with van der Waals surface area (Å²) in [5, 5.41) is 2.87. The monoisotopic (exact) mass is 515 g/mol. The lowest BCUT2D eigenvalue weighted by molar-refractivity contribution is -0.121. The number of nitrogens with zero attached hydrogens (tertiary/aromatic N) is 2. The fourth-order valence-electron chi connectivity index (χ4n) is 4.43. The molecule has 2 aliphatic rings. The second-order valence-electron chi connectivity index (χ2n) is 9.43. The van der Waals surface area contributed by atoms with Gasteiger partial charge in [-0.15, -0.1) is 11.8 Å². The van der Waals surface area contributed by atoms with E-state index in [1.807, 2.05) is 31.2 Å². The standard InChI is InChI=1S/C26H33N3O4S2/c1-4-20-5-7-21(8-6-20)27-25(30)17-29-23-16-22(9-10-24(23)34-19(3)15-26(29)31)35(32,33)28-13-11-18(2)12-14-28/h5-10,16,18-19H,4,11-15,17H2,1-3H3,(H,27,30). The largest absolute Gasteiger partial charge is 0.325 e. The summed E-state index contributed by atoms with van der Waals surface area (Å²) in [4.78, 5) is 28.4. The Bertz CT molecular complexity index is 1190. The van der Waals surface area contributed by atoms with Gasteiger partial charge in [0.25, 0.3) is 0 Å². The molecule has 2 aromatic carbocycles. The van der Waals surface area contributed by atoms with Crippen molar-refractivity contribution in [1.82, 2.24) is 4.31 Å². The lowest BCUT2D eigenvalue weighted by atomic mass is 10.0. The zero-order valence-electron chi connectivity index (χ0n) is 20.5. The van der Waals surface area contributed by atoms with Crippen molar-refractivity contribution in [2.24, 2.45) is 5.92 Å². The highest BCUT2D eigenvalue weighted by Gasteiger charge is 2.32. The maximum Gasteiger partial charge on any atom is 0.244 e. The van der Waals surface area contributed by atoms with E-state index in [0.29, 0.717) is 30.4 Å². The number of amides is 2. The number of aryl methyl sites for hydroxylation is 1. The Labute approximate surface area is 212 Å². The Hall–Kier alpha value is -2.36. The zero-order chi connectivity index (χ0) is 25.2. The van der Waals surface area contributed by atoms with Crippen molar-refractivity contribution in [2.75, 3.05) is 29.9 Å². The Balaban J connectivity index is 1.61. The number of carbonyl (C=O) groups is 2. The summed E-state index contributed by atoms with van der Waals surface area (Å²) in [6.45, 7) is 6.97. The third kappa shape index (κ3) is 5.90. The molecule has 1 atom stereocenters. The number of piperidine rings is 1. The maximum absolute atomic E-state index is 13.4. The Morgan fingerprint density at radius 3 is 2.43 bits per heavy atom. The van der Waals surface area contributed by atoms with Crippen LogP contribution in [-0.2, 0) is 26.0 Å². The minimum absolute atomic E-state index is 0.0157. The van der Waals surface area contributed by atoms with Gasteiger partial charge in [0.15, 0.2) is 0 Å². The molecular weight excluding hydrogens is 482 g/mol. The van der Waals surface area contributed by atoms with Crippen LogP contribution >= 0.6 is 11.8 Å². The van der Waals surface area contributed by atoms with Gasteiger partial charge < -0.3 is 10.2 Å². The molecular formula is C26H33N3O4S2. The van der Waals surface area contributed by atoms with Crippen LogP contribution in [0.3, 0.4) is 0 Å². The average Bonchev–Trinajstić information content (AvgIpc) is 2.94. The normalized spacial score (nSPS) is 19.8. The van der Waals surface area contributed by atoms with E-state index in [1.165, 1.54) is 26.5 Å². The number of benzene rings is 2. The molecule has 9 heteroatoms. The molecule has 2 amide bonds. The first-order valence-corrected chi connectivity index (χ1v) is 14.5. The average molecular weight is 516 g/mol. The molecule has 2 aromatic rings. The van der Waals surface area contributed by atoms with Gasteiger partial charge in [0.2, 0.25) is 21.8 Å². The van der Waals surface area contributed by atoms with E-state index < -0.39 is 10.0 Å². The van der Waals surface area contributed by atoms with Gasteiger partial charge >= 0.3 is 0 Å². The van der Waals surface area contributed by atoms with Crippen molar-refractivity contribution in [1.29, 1.82) is 0 Å². The molecule has 2 aliphatic heterocycles. The number of anilines is 2. The number of nitrogens with one attached hydrogen (secondary N) is 1. The lowest BCUT2D eigenvalue weighted by Crippen LogP contribution is -2.39. The van der Waals surface area contributed by atoms with E-state index >= 15 is 0 Å². The molecule has 0 aliphatic carbocycles. The Morgan fingerprint density at radius 1 is 1.09 bits per heavy atom. The van der Waals surface area contributed by atoms with Crippen LogP contribution in [0.25, 0.3) is 0 Å². The first kappa shape index (κ1) is 25.7. The predicted octanol–water partition coefficient (Wildman–Crippen LogP) is 4.53. The second-order valence-corrected chi connectivity index (χ2v) is 12.8. The molecule has 1 fully saturated rings. The molecule has 7 nitrogen and oxygen atoms in total. The molecule has 1 N–H and O–H groups in total. The minimum atomic E-state index is -3.68. The fourth-order valence-corrected chi connectivity index (χ4v) is 7.02. The Kier molecular flexibility index (Phi) is 7.88. The minimum Gasteiger partial charge on any atom is -0.325 e. The Morgan fingerprint density at radius 2 is 1.77 bits per heavy atom. The van der Waals surface area contributed by atoms with Gasteiger partial charge in [0, 0.05) is 35.3 Å². The van der Waals surface area contributed by atoms with Crippen LogP contribution in [-0.4, -0.2) is 49.4 Å². The van der Waals surface area contributed by atoms with Gasteiger partial charge in [0.05, 0.1) is 10.6 Å². The SMILES string of the molecule is CCc1ccc(NC(=O)CN2C(=O)CC(C)Sc3ccc(S(=O)(=O)N4CCC(C)CC4)cc32)cc1. The van der Waals surface area contributed by atoms with Crippen LogP contribution in [0, 0.1) is 5.92 Å². The van der Waals surface area contributed by atoms with Gasteiger partial charge in [-0.25, -0.2) is 8.42 Å². The van der Waals surface area contributed by atoms with E-state index in [0.717, 1.165) is 24.2 Å². The highest BCUT2D eigenvalue weighted by Crippen LogP contribution is 2.40. The quantitative estimate of drug-likeness (QED) is 0.611. The molecule has 0 saturated carbocycles. The fraction of sp³-hybridized carbons (Fsp3) is 0.462. The van der Waals surface area contributed by atoms with Crippen molar-refractivity contribution >= 4 is 45.0 Å². The first-order valence-electron chi connectivity index (χ1n) is 12.2. The van der Waals surface area contributed by atoms with Crippen molar-refractivity contribution in [2.45, 2.75) is 61.5 Å². The molecule has 0 radical (unpaired) electrons. The summed E-state index contributed by atoms with van der Waals surface area (Å²) in [6.07, 6.45) is 2.85. The topological polar surface area (TPSA) is 86.8 Å². The van der Waals surface area contributed by atoms with Crippen LogP contribution in [0.1, 0.15) is 45.6 Å². The smallest absolute Gasteiger partial charge is 0.244 e. The first-order chi connectivity index (χ1) is 16.7. The van der Waals surface area contributed by atoms with E-state index in [4.69, 9.17) is 0 Å². The number of carbonyl (C=O) groups excluding carboxylic acids is 2. The van der Waals surface area contributed by atoms with Crippen LogP contribution in [0.15, 0.2) is 52.3 Å². The van der Waals surface area contributed by atoms with Gasteiger partial charge in [0.1, 0.15) is 6.54 Å². The van der Waals surface area contributed by atoms with E-state index in [2.05, 4.69) is 19.2 Å². The number of fused-ring (bicyclic) bond motifs is 1. The van der Waals surface area contributed by atoms with E-state index in [-0.39, 0.29) is 34.9 Å². The molecule has 188 valence electrons. The van der Waals surface area contributed by atoms with E-state index in [9.17, 15) is 18.0 Å². The van der Waals surface area contributed by atoms with Gasteiger partial charge in [-0.05, 0) is 61.1 Å². The summed E-state index contributed by atoms with van der Waals surface area (Å²) >= 11 is 1.53. The molecule has 1 unspecified atom stereocenters. The van der Waals surface area contributed by atoms with Gasteiger partial charge in [-0.3, -0.25) is 9.59 Å². The number of sulfonamides is 1. The van der Waals surface area contributed by atoms with Crippen LogP contribution in [0.2, 0.25) is 0 Å². The third-order valence-corrected chi connectivity index (χ3v) is 9.70. The predicted molar refractivity (Wildman–Crippen MR) is 140 cm³/mol. The molecule has 2 heterocycles. The molecule has 0 spiro atoms. The van der Waals surface area contributed by atoms with Crippen molar-refractivity contribution in [3.05, 3.63) is 48.0 Å². The van der Waals surface area contributed by atoms with Crippen LogP contribution < -0.4 is 10.2 Å². The molecule has 4 rings (SSSR count). The van der Waals surface area contributed by atoms with Crippen LogP contribution in [0.4, 0.5) is 11.4 Å². The molecule has 35 heavy (non-hydrogen) atoms. The van der Waals surface area contributed by atoms with Gasteiger partial charge in [-0.2, -0.15) is 4.31 Å². The summed E-state index contributed by atoms with van der Waals surface area (Å²) in [5.74, 6) is -0.0101. The third-order valence-electron chi connectivity index (χ3n) is 6.64. The van der Waals surface area contributed by atoms with Crippen molar-refractivity contribution < 1.29 is 18.0 Å². The summed E-state index contributed by atoms with van der Waals surface area (Å²) < 4.78 is 28.3. The highest BCUT2D eigenvalue weighted by atomic mass is 32.2. The summed E-state index contributed by atoms with van der Waals surface area (Å²) in [7, 11) is -3.68. The van der Waals surface area contributed by atoms with Crippen molar-refractivity contribution in [3.63, 3.8) is 0 Å². The summed E-state index contributed by atoms with van der Waals surface area (Å²) in [6, 6.07) is 12.6. The lowest BCUT2D eigenvalue weighted by Gasteiger charge is -2.30. The molecule has 0 bridgehead atoms.